The van der Waals surface area contributed by atoms with Crippen LogP contribution in [0.15, 0.2) is 47.1 Å². The highest BCUT2D eigenvalue weighted by Crippen LogP contribution is 2.17. The summed E-state index contributed by atoms with van der Waals surface area (Å²) in [6, 6.07) is 13.9. The lowest BCUT2D eigenvalue weighted by atomic mass is 10.1. The van der Waals surface area contributed by atoms with Crippen LogP contribution in [0.2, 0.25) is 0 Å². The molecule has 4 rings (SSSR count). The topological polar surface area (TPSA) is 74.5 Å². The molecule has 1 aliphatic heterocycles. The summed E-state index contributed by atoms with van der Waals surface area (Å²) >= 11 is 0. The Balaban J connectivity index is 1.35. The summed E-state index contributed by atoms with van der Waals surface area (Å²) in [6.45, 7) is 4.30. The van der Waals surface area contributed by atoms with Crippen LogP contribution < -0.4 is 5.32 Å². The molecule has 7 heteroatoms. The van der Waals surface area contributed by atoms with E-state index in [1.807, 2.05) is 31.3 Å². The minimum absolute atomic E-state index is 0.102. The average Bonchev–Trinajstić information content (AvgIpc) is 3.38. The first-order valence-corrected chi connectivity index (χ1v) is 9.68. The lowest BCUT2D eigenvalue weighted by molar-refractivity contribution is 0.206. The Morgan fingerprint density at radius 1 is 1.11 bits per heavy atom. The summed E-state index contributed by atoms with van der Waals surface area (Å²) in [5.74, 6) is 0. The van der Waals surface area contributed by atoms with E-state index in [0.29, 0.717) is 24.1 Å². The zero-order valence-electron chi connectivity index (χ0n) is 16.1. The Morgan fingerprint density at radius 3 is 2.68 bits per heavy atom. The van der Waals surface area contributed by atoms with Crippen LogP contribution >= 0.6 is 0 Å². The molecule has 0 saturated carbocycles. The van der Waals surface area contributed by atoms with Crippen molar-refractivity contribution >= 4 is 17.1 Å². The van der Waals surface area contributed by atoms with Crippen molar-refractivity contribution in [2.24, 2.45) is 0 Å². The molecule has 2 heterocycles. The van der Waals surface area contributed by atoms with Gasteiger partial charge in [-0.25, -0.2) is 9.42 Å². The number of hydrogen-bond donors (Lipinski definition) is 1. The molecule has 1 saturated heterocycles. The quantitative estimate of drug-likeness (QED) is 0.712. The predicted octanol–water partition coefficient (Wildman–Crippen LogP) is 3.16. The largest absolute Gasteiger partial charge is 0.334 e. The summed E-state index contributed by atoms with van der Waals surface area (Å²) in [7, 11) is 1.83. The van der Waals surface area contributed by atoms with Crippen molar-refractivity contribution < 1.29 is 9.42 Å². The van der Waals surface area contributed by atoms with Gasteiger partial charge in [0.25, 0.3) is 0 Å². The van der Waals surface area contributed by atoms with Crippen molar-refractivity contribution in [1.82, 2.24) is 25.4 Å². The van der Waals surface area contributed by atoms with Gasteiger partial charge in [0.05, 0.1) is 0 Å². The first-order valence-electron chi connectivity index (χ1n) is 9.68. The molecule has 146 valence electrons. The molecule has 0 spiro atoms. The second-order valence-electron chi connectivity index (χ2n) is 7.35. The van der Waals surface area contributed by atoms with Crippen molar-refractivity contribution in [3.05, 3.63) is 59.2 Å². The van der Waals surface area contributed by atoms with Crippen molar-refractivity contribution in [1.29, 1.82) is 0 Å². The fourth-order valence-electron chi connectivity index (χ4n) is 3.63. The van der Waals surface area contributed by atoms with Gasteiger partial charge >= 0.3 is 6.03 Å². The molecule has 1 aliphatic rings. The molecular weight excluding hydrogens is 354 g/mol. The zero-order valence-corrected chi connectivity index (χ0v) is 16.1. The van der Waals surface area contributed by atoms with Crippen LogP contribution in [0.4, 0.5) is 4.79 Å². The standard InChI is InChI=1S/C21H25N5O2/c1-25(14-17-6-2-3-7-18(17)15-26-10-4-5-11-26)21(27)22-13-16-8-9-19-20(12-16)24-28-23-19/h2-3,6-9,12H,4-5,10-11,13-15H2,1H3,(H,22,27). The number of urea groups is 1. The Kier molecular flexibility index (Phi) is 5.53. The highest BCUT2D eigenvalue weighted by Gasteiger charge is 2.15. The van der Waals surface area contributed by atoms with Gasteiger partial charge in [-0.05, 0) is 65.1 Å². The zero-order chi connectivity index (χ0) is 19.3. The number of nitrogens with one attached hydrogen (secondary N) is 1. The van der Waals surface area contributed by atoms with Gasteiger partial charge in [-0.1, -0.05) is 30.3 Å². The molecule has 0 bridgehead atoms. The number of amides is 2. The Labute approximate surface area is 164 Å². The van der Waals surface area contributed by atoms with Gasteiger partial charge in [0.1, 0.15) is 11.0 Å². The average molecular weight is 379 g/mol. The molecule has 1 aromatic heterocycles. The Bertz CT molecular complexity index is 949. The van der Waals surface area contributed by atoms with Crippen LogP contribution in [0.3, 0.4) is 0 Å². The summed E-state index contributed by atoms with van der Waals surface area (Å²) in [6.07, 6.45) is 2.56. The number of carbonyl (C=O) groups is 1. The molecule has 28 heavy (non-hydrogen) atoms. The number of fused-ring (bicyclic) bond motifs is 1. The van der Waals surface area contributed by atoms with Crippen LogP contribution in [0, 0.1) is 0 Å². The smallest absolute Gasteiger partial charge is 0.317 e. The van der Waals surface area contributed by atoms with Crippen LogP contribution in [0.1, 0.15) is 29.5 Å². The number of rotatable bonds is 6. The van der Waals surface area contributed by atoms with E-state index in [0.717, 1.165) is 25.2 Å². The highest BCUT2D eigenvalue weighted by atomic mass is 16.6. The minimum Gasteiger partial charge on any atom is -0.334 e. The van der Waals surface area contributed by atoms with Gasteiger partial charge in [0.15, 0.2) is 0 Å². The fraction of sp³-hybridized carbons (Fsp3) is 0.381. The molecule has 2 amide bonds. The molecule has 7 nitrogen and oxygen atoms in total. The van der Waals surface area contributed by atoms with E-state index in [-0.39, 0.29) is 6.03 Å². The first-order chi connectivity index (χ1) is 13.7. The number of aromatic nitrogens is 2. The highest BCUT2D eigenvalue weighted by molar-refractivity contribution is 5.75. The molecule has 0 aliphatic carbocycles. The number of nitrogens with zero attached hydrogens (tertiary/aromatic N) is 4. The number of carbonyl (C=O) groups excluding carboxylic acids is 1. The maximum Gasteiger partial charge on any atom is 0.317 e. The fourth-order valence-corrected chi connectivity index (χ4v) is 3.63. The molecule has 1 N–H and O–H groups in total. The Morgan fingerprint density at radius 2 is 1.86 bits per heavy atom. The van der Waals surface area contributed by atoms with E-state index in [2.05, 4.69) is 38.7 Å². The van der Waals surface area contributed by atoms with Crippen molar-refractivity contribution in [2.75, 3.05) is 20.1 Å². The summed E-state index contributed by atoms with van der Waals surface area (Å²) < 4.78 is 4.71. The summed E-state index contributed by atoms with van der Waals surface area (Å²) in [5, 5.41) is 10.6. The van der Waals surface area contributed by atoms with E-state index in [4.69, 9.17) is 4.63 Å². The third-order valence-corrected chi connectivity index (χ3v) is 5.23. The van der Waals surface area contributed by atoms with Crippen LogP contribution in [-0.2, 0) is 19.6 Å². The molecule has 0 radical (unpaired) electrons. The van der Waals surface area contributed by atoms with Gasteiger partial charge in [0.2, 0.25) is 0 Å². The third-order valence-electron chi connectivity index (χ3n) is 5.23. The van der Waals surface area contributed by atoms with E-state index in [9.17, 15) is 4.79 Å². The summed E-state index contributed by atoms with van der Waals surface area (Å²) in [4.78, 5) is 16.7. The predicted molar refractivity (Wildman–Crippen MR) is 106 cm³/mol. The lowest BCUT2D eigenvalue weighted by Gasteiger charge is -2.22. The molecular formula is C21H25N5O2. The van der Waals surface area contributed by atoms with Crippen LogP contribution in [0.25, 0.3) is 11.0 Å². The number of likely N-dealkylation sites (tertiary alicyclic amines) is 1. The second kappa shape index (κ2) is 8.39. The van der Waals surface area contributed by atoms with Gasteiger partial charge < -0.3 is 10.2 Å². The van der Waals surface area contributed by atoms with E-state index >= 15 is 0 Å². The molecule has 0 unspecified atom stereocenters. The maximum atomic E-state index is 12.5. The van der Waals surface area contributed by atoms with Gasteiger partial charge in [-0.15, -0.1) is 0 Å². The number of hydrogen-bond acceptors (Lipinski definition) is 5. The molecule has 1 fully saturated rings. The van der Waals surface area contributed by atoms with Crippen LogP contribution in [-0.4, -0.2) is 46.3 Å². The second-order valence-corrected chi connectivity index (χ2v) is 7.35. The molecule has 2 aromatic carbocycles. The number of benzene rings is 2. The van der Waals surface area contributed by atoms with E-state index in [1.54, 1.807) is 4.90 Å². The summed E-state index contributed by atoms with van der Waals surface area (Å²) in [5.41, 5.74) is 4.85. The molecule has 0 atom stereocenters. The molecule has 3 aromatic rings. The van der Waals surface area contributed by atoms with Gasteiger partial charge in [-0.2, -0.15) is 0 Å². The van der Waals surface area contributed by atoms with Crippen molar-refractivity contribution in [3.8, 4) is 0 Å². The van der Waals surface area contributed by atoms with Crippen molar-refractivity contribution in [2.45, 2.75) is 32.5 Å². The third kappa shape index (κ3) is 4.31. The lowest BCUT2D eigenvalue weighted by Crippen LogP contribution is -2.36. The van der Waals surface area contributed by atoms with Crippen molar-refractivity contribution in [3.63, 3.8) is 0 Å². The monoisotopic (exact) mass is 379 g/mol. The Hall–Kier alpha value is -2.93. The van der Waals surface area contributed by atoms with E-state index < -0.39 is 0 Å². The van der Waals surface area contributed by atoms with Gasteiger partial charge in [-0.3, -0.25) is 4.90 Å². The first kappa shape index (κ1) is 18.4. The van der Waals surface area contributed by atoms with Gasteiger partial charge in [0, 0.05) is 26.7 Å². The van der Waals surface area contributed by atoms with Crippen LogP contribution in [0.5, 0.6) is 0 Å². The minimum atomic E-state index is -0.102. The SMILES string of the molecule is CN(Cc1ccccc1CN1CCCC1)C(=O)NCc1ccc2nonc2c1. The van der Waals surface area contributed by atoms with E-state index in [1.165, 1.54) is 24.0 Å². The maximum absolute atomic E-state index is 12.5. The normalized spacial score (nSPS) is 14.5.